The number of methoxy groups -OCH3 is 2. The molecule has 0 aliphatic heterocycles. The first kappa shape index (κ1) is 16.7. The number of ether oxygens (including phenoxy) is 2. The van der Waals surface area contributed by atoms with Crippen molar-refractivity contribution in [3.63, 3.8) is 0 Å². The van der Waals surface area contributed by atoms with Crippen LogP contribution in [0.3, 0.4) is 0 Å². The highest BCUT2D eigenvalue weighted by molar-refractivity contribution is 5.60. The van der Waals surface area contributed by atoms with Crippen molar-refractivity contribution in [3.05, 3.63) is 53.9 Å². The maximum absolute atomic E-state index is 13.2. The highest BCUT2D eigenvalue weighted by Gasteiger charge is 2.12. The van der Waals surface area contributed by atoms with E-state index in [4.69, 9.17) is 14.0 Å². The van der Waals surface area contributed by atoms with Gasteiger partial charge in [-0.1, -0.05) is 5.16 Å². The summed E-state index contributed by atoms with van der Waals surface area (Å²) in [5.74, 6) is 0.431. The first-order valence-corrected chi connectivity index (χ1v) is 7.34. The van der Waals surface area contributed by atoms with Gasteiger partial charge in [0.05, 0.1) is 20.8 Å². The Morgan fingerprint density at radius 1 is 1.00 bits per heavy atom. The smallest absolute Gasteiger partial charge is 0.246 e. The minimum absolute atomic E-state index is 0.128. The standard InChI is InChI=1S/C17H15F2N3O3/c1-23-14-4-3-10(5-15(14)24-2)17-21-16(25-22-17)9-20-13-7-11(18)6-12(19)8-13/h3-8,20H,9H2,1-2H3. The summed E-state index contributed by atoms with van der Waals surface area (Å²) < 4.78 is 41.9. The molecule has 1 N–H and O–H groups in total. The average molecular weight is 347 g/mol. The number of hydrogen-bond donors (Lipinski definition) is 1. The first-order chi connectivity index (χ1) is 12.1. The van der Waals surface area contributed by atoms with Gasteiger partial charge in [-0.05, 0) is 30.3 Å². The molecule has 1 heterocycles. The third kappa shape index (κ3) is 3.85. The maximum atomic E-state index is 13.2. The molecule has 0 bridgehead atoms. The van der Waals surface area contributed by atoms with Gasteiger partial charge in [0.25, 0.3) is 0 Å². The van der Waals surface area contributed by atoms with Crippen molar-refractivity contribution in [3.8, 4) is 22.9 Å². The lowest BCUT2D eigenvalue weighted by atomic mass is 10.2. The summed E-state index contributed by atoms with van der Waals surface area (Å²) in [6.07, 6.45) is 0. The van der Waals surface area contributed by atoms with Crippen LogP contribution in [0.5, 0.6) is 11.5 Å². The Balaban J connectivity index is 1.74. The van der Waals surface area contributed by atoms with Crippen LogP contribution in [0.4, 0.5) is 14.5 Å². The Kier molecular flexibility index (Phi) is 4.78. The quantitative estimate of drug-likeness (QED) is 0.734. The van der Waals surface area contributed by atoms with E-state index in [9.17, 15) is 8.78 Å². The van der Waals surface area contributed by atoms with Crippen molar-refractivity contribution in [1.82, 2.24) is 10.1 Å². The van der Waals surface area contributed by atoms with E-state index in [2.05, 4.69) is 15.5 Å². The van der Waals surface area contributed by atoms with Gasteiger partial charge in [-0.15, -0.1) is 0 Å². The van der Waals surface area contributed by atoms with Gasteiger partial charge in [-0.25, -0.2) is 8.78 Å². The molecule has 0 radical (unpaired) electrons. The van der Waals surface area contributed by atoms with Gasteiger partial charge in [-0.3, -0.25) is 0 Å². The summed E-state index contributed by atoms with van der Waals surface area (Å²) in [6, 6.07) is 8.38. The van der Waals surface area contributed by atoms with Crippen LogP contribution in [0.1, 0.15) is 5.89 Å². The molecule has 0 spiro atoms. The molecule has 6 nitrogen and oxygen atoms in total. The largest absolute Gasteiger partial charge is 0.493 e. The minimum atomic E-state index is -0.668. The summed E-state index contributed by atoms with van der Waals surface area (Å²) in [4.78, 5) is 4.25. The van der Waals surface area contributed by atoms with Gasteiger partial charge in [0.15, 0.2) is 11.5 Å². The fraction of sp³-hybridized carbons (Fsp3) is 0.176. The molecule has 0 aliphatic carbocycles. The van der Waals surface area contributed by atoms with E-state index in [0.717, 1.165) is 6.07 Å². The fourth-order valence-electron chi connectivity index (χ4n) is 2.25. The molecule has 0 saturated carbocycles. The molecular weight excluding hydrogens is 332 g/mol. The van der Waals surface area contributed by atoms with Crippen LogP contribution in [-0.4, -0.2) is 24.4 Å². The number of nitrogens with one attached hydrogen (secondary N) is 1. The van der Waals surface area contributed by atoms with Gasteiger partial charge in [0.1, 0.15) is 11.6 Å². The van der Waals surface area contributed by atoms with E-state index in [1.165, 1.54) is 19.2 Å². The van der Waals surface area contributed by atoms with E-state index >= 15 is 0 Å². The summed E-state index contributed by atoms with van der Waals surface area (Å²) in [5, 5.41) is 6.72. The van der Waals surface area contributed by atoms with Gasteiger partial charge in [0, 0.05) is 17.3 Å². The Hall–Kier alpha value is -3.16. The van der Waals surface area contributed by atoms with Crippen LogP contribution < -0.4 is 14.8 Å². The van der Waals surface area contributed by atoms with Crippen molar-refractivity contribution < 1.29 is 22.8 Å². The first-order valence-electron chi connectivity index (χ1n) is 7.34. The Morgan fingerprint density at radius 3 is 2.40 bits per heavy atom. The molecule has 3 aromatic rings. The molecule has 0 fully saturated rings. The van der Waals surface area contributed by atoms with Crippen molar-refractivity contribution in [2.45, 2.75) is 6.54 Å². The zero-order chi connectivity index (χ0) is 17.8. The highest BCUT2D eigenvalue weighted by Crippen LogP contribution is 2.31. The van der Waals surface area contributed by atoms with E-state index in [1.807, 2.05) is 0 Å². The van der Waals surface area contributed by atoms with Gasteiger partial charge < -0.3 is 19.3 Å². The molecular formula is C17H15F2N3O3. The van der Waals surface area contributed by atoms with E-state index in [1.54, 1.807) is 25.3 Å². The predicted molar refractivity (Wildman–Crippen MR) is 86.5 cm³/mol. The van der Waals surface area contributed by atoms with Gasteiger partial charge >= 0.3 is 0 Å². The van der Waals surface area contributed by atoms with Crippen molar-refractivity contribution in [2.24, 2.45) is 0 Å². The second kappa shape index (κ2) is 7.16. The average Bonchev–Trinajstić information content (AvgIpc) is 3.07. The van der Waals surface area contributed by atoms with Crippen LogP contribution in [-0.2, 0) is 6.54 Å². The molecule has 3 rings (SSSR count). The second-order valence-corrected chi connectivity index (χ2v) is 5.09. The van der Waals surface area contributed by atoms with Crippen molar-refractivity contribution in [2.75, 3.05) is 19.5 Å². The maximum Gasteiger partial charge on any atom is 0.246 e. The monoisotopic (exact) mass is 347 g/mol. The Morgan fingerprint density at radius 2 is 1.72 bits per heavy atom. The van der Waals surface area contributed by atoms with Crippen LogP contribution in [0, 0.1) is 11.6 Å². The van der Waals surface area contributed by atoms with E-state index in [-0.39, 0.29) is 18.1 Å². The summed E-state index contributed by atoms with van der Waals surface area (Å²) >= 11 is 0. The van der Waals surface area contributed by atoms with Crippen molar-refractivity contribution in [1.29, 1.82) is 0 Å². The predicted octanol–water partition coefficient (Wildman–Crippen LogP) is 3.64. The van der Waals surface area contributed by atoms with Crippen molar-refractivity contribution >= 4 is 5.69 Å². The van der Waals surface area contributed by atoms with Crippen LogP contribution in [0.15, 0.2) is 40.9 Å². The number of benzene rings is 2. The zero-order valence-corrected chi connectivity index (χ0v) is 13.5. The Bertz CT molecular complexity index is 863. The SMILES string of the molecule is COc1ccc(-c2noc(CNc3cc(F)cc(F)c3)n2)cc1OC. The third-order valence-electron chi connectivity index (χ3n) is 3.42. The molecule has 0 atom stereocenters. The lowest BCUT2D eigenvalue weighted by Crippen LogP contribution is -2.00. The van der Waals surface area contributed by atoms with Gasteiger partial charge in [0.2, 0.25) is 11.7 Å². The molecule has 0 amide bonds. The van der Waals surface area contributed by atoms with Gasteiger partial charge in [-0.2, -0.15) is 4.98 Å². The molecule has 25 heavy (non-hydrogen) atoms. The van der Waals surface area contributed by atoms with Crippen LogP contribution in [0.2, 0.25) is 0 Å². The highest BCUT2D eigenvalue weighted by atomic mass is 19.1. The lowest BCUT2D eigenvalue weighted by molar-refractivity contribution is 0.355. The number of anilines is 1. The number of nitrogens with zero attached hydrogens (tertiary/aromatic N) is 2. The summed E-state index contributed by atoms with van der Waals surface area (Å²) in [5.41, 5.74) is 0.966. The lowest BCUT2D eigenvalue weighted by Gasteiger charge is -2.07. The van der Waals surface area contributed by atoms with E-state index < -0.39 is 11.6 Å². The number of hydrogen-bond acceptors (Lipinski definition) is 6. The molecule has 0 saturated heterocycles. The molecule has 130 valence electrons. The molecule has 0 aliphatic rings. The van der Waals surface area contributed by atoms with E-state index in [0.29, 0.717) is 22.9 Å². The molecule has 0 unspecified atom stereocenters. The molecule has 1 aromatic heterocycles. The summed E-state index contributed by atoms with van der Waals surface area (Å²) in [6.45, 7) is 0.128. The zero-order valence-electron chi connectivity index (χ0n) is 13.5. The summed E-state index contributed by atoms with van der Waals surface area (Å²) in [7, 11) is 3.08. The van der Waals surface area contributed by atoms with Crippen LogP contribution >= 0.6 is 0 Å². The number of halogens is 2. The minimum Gasteiger partial charge on any atom is -0.493 e. The van der Waals surface area contributed by atoms with Crippen LogP contribution in [0.25, 0.3) is 11.4 Å². The second-order valence-electron chi connectivity index (χ2n) is 5.09. The normalized spacial score (nSPS) is 10.6. The number of aromatic nitrogens is 2. The molecule has 8 heteroatoms. The number of rotatable bonds is 6. The molecule has 2 aromatic carbocycles. The fourth-order valence-corrected chi connectivity index (χ4v) is 2.25. The third-order valence-corrected chi connectivity index (χ3v) is 3.42. The Labute approximate surface area is 142 Å². The topological polar surface area (TPSA) is 69.4 Å².